The second kappa shape index (κ2) is 4.76. The van der Waals surface area contributed by atoms with Crippen molar-refractivity contribution in [2.24, 2.45) is 5.41 Å². The molecule has 0 aliphatic heterocycles. The maximum Gasteiger partial charge on any atom is 0.213 e. The van der Waals surface area contributed by atoms with Gasteiger partial charge in [-0.1, -0.05) is 27.7 Å². The predicted octanol–water partition coefficient (Wildman–Crippen LogP) is 1.25. The van der Waals surface area contributed by atoms with Gasteiger partial charge in [0.25, 0.3) is 0 Å². The van der Waals surface area contributed by atoms with Crippen molar-refractivity contribution >= 4 is 10.0 Å². The summed E-state index contributed by atoms with van der Waals surface area (Å²) < 4.78 is 25.4. The van der Waals surface area contributed by atoms with Crippen LogP contribution < -0.4 is 4.72 Å². The van der Waals surface area contributed by atoms with Crippen molar-refractivity contribution in [3.05, 3.63) is 0 Å². The van der Waals surface area contributed by atoms with E-state index < -0.39 is 16.1 Å². The summed E-state index contributed by atoms with van der Waals surface area (Å²) in [6.07, 6.45) is 0.486. The van der Waals surface area contributed by atoms with Crippen molar-refractivity contribution in [3.8, 4) is 6.07 Å². The molecule has 0 heterocycles. The van der Waals surface area contributed by atoms with Gasteiger partial charge in [-0.3, -0.25) is 0 Å². The average Bonchev–Trinajstić information content (AvgIpc) is 1.95. The quantitative estimate of drug-likeness (QED) is 0.772. The van der Waals surface area contributed by atoms with Crippen LogP contribution in [0.15, 0.2) is 0 Å². The summed E-state index contributed by atoms with van der Waals surface area (Å²) in [7, 11) is -3.34. The number of nitriles is 1. The monoisotopic (exact) mass is 218 g/mol. The Morgan fingerprint density at radius 1 is 1.43 bits per heavy atom. The van der Waals surface area contributed by atoms with Crippen molar-refractivity contribution in [2.75, 3.05) is 5.75 Å². The van der Waals surface area contributed by atoms with Crippen molar-refractivity contribution in [1.29, 1.82) is 5.26 Å². The summed E-state index contributed by atoms with van der Waals surface area (Å²) in [5.74, 6) is 0.0399. The smallest absolute Gasteiger partial charge is 0.212 e. The lowest BCUT2D eigenvalue weighted by Gasteiger charge is -2.19. The number of nitrogens with zero attached hydrogens (tertiary/aromatic N) is 1. The Morgan fingerprint density at radius 3 is 2.21 bits per heavy atom. The van der Waals surface area contributed by atoms with E-state index in [9.17, 15) is 8.42 Å². The van der Waals surface area contributed by atoms with Crippen LogP contribution >= 0.6 is 0 Å². The summed E-state index contributed by atoms with van der Waals surface area (Å²) in [5, 5.41) is 8.61. The molecule has 82 valence electrons. The third-order valence-electron chi connectivity index (χ3n) is 1.51. The summed E-state index contributed by atoms with van der Waals surface area (Å²) in [4.78, 5) is 0. The predicted molar refractivity (Wildman–Crippen MR) is 56.1 cm³/mol. The largest absolute Gasteiger partial charge is 0.213 e. The molecule has 0 saturated heterocycles. The highest BCUT2D eigenvalue weighted by atomic mass is 32.2. The first-order valence-corrected chi connectivity index (χ1v) is 6.25. The molecule has 0 aromatic carbocycles. The Bertz CT molecular complexity index is 309. The Labute approximate surface area is 86.4 Å². The van der Waals surface area contributed by atoms with E-state index in [4.69, 9.17) is 5.26 Å². The van der Waals surface area contributed by atoms with E-state index in [1.54, 1.807) is 6.92 Å². The maximum absolute atomic E-state index is 11.5. The zero-order valence-electron chi connectivity index (χ0n) is 9.16. The fourth-order valence-corrected chi connectivity index (χ4v) is 2.91. The lowest BCUT2D eigenvalue weighted by atomic mass is 10.0. The Balaban J connectivity index is 4.45. The molecule has 0 spiro atoms. The molecule has 14 heavy (non-hydrogen) atoms. The fraction of sp³-hybridized carbons (Fsp3) is 0.889. The van der Waals surface area contributed by atoms with Crippen molar-refractivity contribution in [3.63, 3.8) is 0 Å². The van der Waals surface area contributed by atoms with Gasteiger partial charge in [-0.05, 0) is 11.8 Å². The third kappa shape index (κ3) is 5.95. The molecule has 0 bridgehead atoms. The highest BCUT2D eigenvalue weighted by Crippen LogP contribution is 2.15. The van der Waals surface area contributed by atoms with Crippen LogP contribution in [-0.4, -0.2) is 20.2 Å². The molecule has 0 aromatic rings. The number of nitrogens with one attached hydrogen (secondary N) is 1. The molecule has 1 N–H and O–H groups in total. The highest BCUT2D eigenvalue weighted by Gasteiger charge is 2.23. The molecule has 0 radical (unpaired) electrons. The van der Waals surface area contributed by atoms with Gasteiger partial charge in [-0.2, -0.15) is 9.98 Å². The van der Waals surface area contributed by atoms with Crippen LogP contribution in [0.2, 0.25) is 0 Å². The van der Waals surface area contributed by atoms with Crippen molar-refractivity contribution in [1.82, 2.24) is 4.72 Å². The molecule has 0 aliphatic rings. The van der Waals surface area contributed by atoms with E-state index in [0.29, 0.717) is 6.42 Å². The minimum absolute atomic E-state index is 0.0399. The molecular formula is C9H18N2O2S. The van der Waals surface area contributed by atoms with Crippen LogP contribution in [0.25, 0.3) is 0 Å². The second-order valence-electron chi connectivity index (χ2n) is 4.53. The zero-order valence-corrected chi connectivity index (χ0v) is 9.98. The minimum Gasteiger partial charge on any atom is -0.212 e. The van der Waals surface area contributed by atoms with Gasteiger partial charge < -0.3 is 0 Å². The number of sulfonamides is 1. The molecule has 0 rings (SSSR count). The van der Waals surface area contributed by atoms with E-state index in [0.717, 1.165) is 0 Å². The minimum atomic E-state index is -3.34. The SMILES string of the molecule is CCC(C#N)NS(=O)(=O)CC(C)(C)C. The average molecular weight is 218 g/mol. The van der Waals surface area contributed by atoms with E-state index >= 15 is 0 Å². The molecule has 5 heteroatoms. The van der Waals surface area contributed by atoms with Gasteiger partial charge in [0.15, 0.2) is 0 Å². The van der Waals surface area contributed by atoms with Gasteiger partial charge >= 0.3 is 0 Å². The van der Waals surface area contributed by atoms with Gasteiger partial charge in [0.2, 0.25) is 10.0 Å². The molecule has 0 amide bonds. The Morgan fingerprint density at radius 2 is 1.93 bits per heavy atom. The number of hydrogen-bond donors (Lipinski definition) is 1. The Kier molecular flexibility index (Phi) is 4.56. The molecule has 0 fully saturated rings. The topological polar surface area (TPSA) is 70.0 Å². The van der Waals surface area contributed by atoms with Gasteiger partial charge in [0.05, 0.1) is 11.8 Å². The van der Waals surface area contributed by atoms with Crippen LogP contribution in [0.5, 0.6) is 0 Å². The normalized spacial score (nSPS) is 14.8. The first kappa shape index (κ1) is 13.4. The molecular weight excluding hydrogens is 200 g/mol. The molecule has 0 aliphatic carbocycles. The fourth-order valence-electron chi connectivity index (χ4n) is 1.03. The first-order valence-electron chi connectivity index (χ1n) is 4.60. The van der Waals surface area contributed by atoms with E-state index in [1.165, 1.54) is 0 Å². The van der Waals surface area contributed by atoms with Gasteiger partial charge in [0.1, 0.15) is 6.04 Å². The second-order valence-corrected chi connectivity index (χ2v) is 6.28. The first-order chi connectivity index (χ1) is 6.20. The number of rotatable bonds is 4. The van der Waals surface area contributed by atoms with Crippen molar-refractivity contribution in [2.45, 2.75) is 40.2 Å². The highest BCUT2D eigenvalue weighted by molar-refractivity contribution is 7.89. The van der Waals surface area contributed by atoms with Gasteiger partial charge in [-0.25, -0.2) is 8.42 Å². The Hall–Kier alpha value is -0.600. The standard InChI is InChI=1S/C9H18N2O2S/c1-5-8(6-10)11-14(12,13)7-9(2,3)4/h8,11H,5,7H2,1-4H3. The van der Waals surface area contributed by atoms with Crippen LogP contribution in [0.3, 0.4) is 0 Å². The number of hydrogen-bond acceptors (Lipinski definition) is 3. The summed E-state index contributed by atoms with van der Waals surface area (Å²) in [5.41, 5.74) is -0.292. The molecule has 1 unspecified atom stereocenters. The molecule has 4 nitrogen and oxygen atoms in total. The third-order valence-corrected chi connectivity index (χ3v) is 3.40. The van der Waals surface area contributed by atoms with Crippen LogP contribution in [-0.2, 0) is 10.0 Å². The maximum atomic E-state index is 11.5. The summed E-state index contributed by atoms with van der Waals surface area (Å²) in [6.45, 7) is 7.31. The van der Waals surface area contributed by atoms with E-state index in [2.05, 4.69) is 4.72 Å². The van der Waals surface area contributed by atoms with Crippen LogP contribution in [0, 0.1) is 16.7 Å². The van der Waals surface area contributed by atoms with E-state index in [1.807, 2.05) is 26.8 Å². The lowest BCUT2D eigenvalue weighted by Crippen LogP contribution is -2.38. The molecule has 0 saturated carbocycles. The zero-order chi connectivity index (χ0) is 11.4. The lowest BCUT2D eigenvalue weighted by molar-refractivity contribution is 0.456. The van der Waals surface area contributed by atoms with Crippen molar-refractivity contribution < 1.29 is 8.42 Å². The van der Waals surface area contributed by atoms with Crippen LogP contribution in [0.4, 0.5) is 0 Å². The molecule has 0 aromatic heterocycles. The van der Waals surface area contributed by atoms with E-state index in [-0.39, 0.29) is 11.2 Å². The molecule has 1 atom stereocenters. The summed E-state index contributed by atoms with van der Waals surface area (Å²) in [6, 6.07) is 1.29. The van der Waals surface area contributed by atoms with Crippen LogP contribution in [0.1, 0.15) is 34.1 Å². The van der Waals surface area contributed by atoms with Gasteiger partial charge in [0, 0.05) is 0 Å². The summed E-state index contributed by atoms with van der Waals surface area (Å²) >= 11 is 0. The van der Waals surface area contributed by atoms with Gasteiger partial charge in [-0.15, -0.1) is 0 Å².